The molecule has 2 aromatic carbocycles. The first-order valence-corrected chi connectivity index (χ1v) is 11.4. The predicted molar refractivity (Wildman–Crippen MR) is 136 cm³/mol. The van der Waals surface area contributed by atoms with Crippen molar-refractivity contribution in [3.63, 3.8) is 0 Å². The Morgan fingerprint density at radius 2 is 1.67 bits per heavy atom. The number of hydrogen-bond acceptors (Lipinski definition) is 7. The first-order valence-electron chi connectivity index (χ1n) is 11.4. The SMILES string of the molecule is COc1ccc(CCn2c(O)c(C(=O)COc3c(C)cc(C)cc3C)c(C)c(C#N)c2=O)cc1OC. The molecule has 0 spiro atoms. The number of aryl methyl sites for hydroxylation is 4. The number of carbonyl (C=O) groups excluding carboxylic acids is 1. The lowest BCUT2D eigenvalue weighted by Crippen LogP contribution is -2.28. The maximum Gasteiger partial charge on any atom is 0.271 e. The van der Waals surface area contributed by atoms with Crippen molar-refractivity contribution >= 4 is 5.78 Å². The van der Waals surface area contributed by atoms with E-state index in [1.165, 1.54) is 21.1 Å². The summed E-state index contributed by atoms with van der Waals surface area (Å²) in [5.74, 6) is 0.676. The van der Waals surface area contributed by atoms with E-state index in [-0.39, 0.29) is 29.8 Å². The number of ether oxygens (including phenoxy) is 3. The third-order valence-corrected chi connectivity index (χ3v) is 6.10. The summed E-state index contributed by atoms with van der Waals surface area (Å²) < 4.78 is 17.4. The summed E-state index contributed by atoms with van der Waals surface area (Å²) in [6.45, 7) is 6.94. The van der Waals surface area contributed by atoms with E-state index in [9.17, 15) is 20.0 Å². The van der Waals surface area contributed by atoms with Crippen LogP contribution in [0.25, 0.3) is 0 Å². The first-order chi connectivity index (χ1) is 17.1. The molecule has 1 aromatic heterocycles. The van der Waals surface area contributed by atoms with E-state index in [1.807, 2.05) is 45.0 Å². The summed E-state index contributed by atoms with van der Waals surface area (Å²) in [5, 5.41) is 20.6. The molecular weight excluding hydrogens is 460 g/mol. The Morgan fingerprint density at radius 1 is 1.03 bits per heavy atom. The van der Waals surface area contributed by atoms with E-state index in [0.29, 0.717) is 23.7 Å². The predicted octanol–water partition coefficient (Wildman–Crippen LogP) is 4.18. The third-order valence-electron chi connectivity index (χ3n) is 6.10. The summed E-state index contributed by atoms with van der Waals surface area (Å²) in [7, 11) is 3.06. The van der Waals surface area contributed by atoms with Gasteiger partial charge in [-0.05, 0) is 68.5 Å². The van der Waals surface area contributed by atoms with Crippen LogP contribution in [0.2, 0.25) is 0 Å². The van der Waals surface area contributed by atoms with E-state index >= 15 is 0 Å². The molecule has 3 rings (SSSR count). The number of methoxy groups -OCH3 is 2. The number of benzene rings is 2. The molecule has 0 unspecified atom stereocenters. The highest BCUT2D eigenvalue weighted by atomic mass is 16.5. The molecule has 188 valence electrons. The summed E-state index contributed by atoms with van der Waals surface area (Å²) in [6, 6.07) is 11.1. The molecule has 8 heteroatoms. The second-order valence-corrected chi connectivity index (χ2v) is 8.65. The molecule has 0 bridgehead atoms. The second kappa shape index (κ2) is 11.0. The topological polar surface area (TPSA) is 111 Å². The molecular formula is C28H30N2O6. The minimum atomic E-state index is -0.657. The minimum absolute atomic E-state index is 0.0480. The van der Waals surface area contributed by atoms with E-state index in [2.05, 4.69) is 0 Å². The fraction of sp³-hybridized carbons (Fsp3) is 0.321. The summed E-state index contributed by atoms with van der Waals surface area (Å²) in [6.07, 6.45) is 0.341. The van der Waals surface area contributed by atoms with Gasteiger partial charge in [0.15, 0.2) is 18.1 Å². The standard InChI is InChI=1S/C28H30N2O6/c1-16-11-17(2)26(18(3)12-16)36-15-22(31)25-19(4)21(14-29)27(32)30(28(25)33)10-9-20-7-8-23(34-5)24(13-20)35-6/h7-8,11-13,33H,9-10,15H2,1-6H3. The van der Waals surface area contributed by atoms with Crippen molar-refractivity contribution in [3.05, 3.63) is 79.6 Å². The summed E-state index contributed by atoms with van der Waals surface area (Å²) >= 11 is 0. The van der Waals surface area contributed by atoms with Gasteiger partial charge in [0.2, 0.25) is 11.7 Å². The Hall–Kier alpha value is -4.25. The number of nitriles is 1. The van der Waals surface area contributed by atoms with Gasteiger partial charge < -0.3 is 19.3 Å². The molecule has 1 N–H and O–H groups in total. The maximum absolute atomic E-state index is 13.2. The highest BCUT2D eigenvalue weighted by molar-refractivity contribution is 6.01. The lowest BCUT2D eigenvalue weighted by molar-refractivity contribution is 0.0915. The number of ketones is 1. The average molecular weight is 491 g/mol. The molecule has 3 aromatic rings. The molecule has 0 saturated carbocycles. The highest BCUT2D eigenvalue weighted by Crippen LogP contribution is 2.29. The fourth-order valence-electron chi connectivity index (χ4n) is 4.37. The second-order valence-electron chi connectivity index (χ2n) is 8.65. The largest absolute Gasteiger partial charge is 0.494 e. The smallest absolute Gasteiger partial charge is 0.271 e. The van der Waals surface area contributed by atoms with Gasteiger partial charge in [-0.15, -0.1) is 0 Å². The van der Waals surface area contributed by atoms with Crippen molar-refractivity contribution in [2.24, 2.45) is 0 Å². The van der Waals surface area contributed by atoms with Crippen LogP contribution in [0.1, 0.15) is 43.7 Å². The van der Waals surface area contributed by atoms with Gasteiger partial charge in [-0.3, -0.25) is 14.2 Å². The minimum Gasteiger partial charge on any atom is -0.494 e. The zero-order chi connectivity index (χ0) is 26.6. The molecule has 0 aliphatic rings. The number of Topliss-reactive ketones (excluding diaryl/α,β-unsaturated/α-hetero) is 1. The Kier molecular flexibility index (Phi) is 8.05. The van der Waals surface area contributed by atoms with Gasteiger partial charge in [0.1, 0.15) is 17.4 Å². The van der Waals surface area contributed by atoms with Crippen LogP contribution in [0.3, 0.4) is 0 Å². The molecule has 0 radical (unpaired) electrons. The summed E-state index contributed by atoms with van der Waals surface area (Å²) in [5.41, 5.74) is 2.87. The van der Waals surface area contributed by atoms with Crippen LogP contribution in [0.15, 0.2) is 35.1 Å². The normalized spacial score (nSPS) is 10.6. The Bertz CT molecular complexity index is 1390. The van der Waals surface area contributed by atoms with Crippen LogP contribution in [-0.2, 0) is 13.0 Å². The molecule has 0 saturated heterocycles. The van der Waals surface area contributed by atoms with Crippen molar-refractivity contribution in [1.29, 1.82) is 5.26 Å². The van der Waals surface area contributed by atoms with Gasteiger partial charge in [0, 0.05) is 6.54 Å². The van der Waals surface area contributed by atoms with Gasteiger partial charge >= 0.3 is 0 Å². The van der Waals surface area contributed by atoms with E-state index in [0.717, 1.165) is 26.8 Å². The van der Waals surface area contributed by atoms with Crippen LogP contribution in [-0.4, -0.2) is 36.3 Å². The lowest BCUT2D eigenvalue weighted by atomic mass is 10.0. The van der Waals surface area contributed by atoms with Crippen LogP contribution in [0, 0.1) is 39.0 Å². The average Bonchev–Trinajstić information content (AvgIpc) is 2.83. The summed E-state index contributed by atoms with van der Waals surface area (Å²) in [4.78, 5) is 26.1. The number of aromatic hydroxyl groups is 1. The molecule has 0 atom stereocenters. The van der Waals surface area contributed by atoms with Crippen LogP contribution < -0.4 is 19.8 Å². The quantitative estimate of drug-likeness (QED) is 0.448. The van der Waals surface area contributed by atoms with Crippen molar-refractivity contribution in [2.75, 3.05) is 20.8 Å². The number of aromatic nitrogens is 1. The van der Waals surface area contributed by atoms with Gasteiger partial charge in [0.25, 0.3) is 5.56 Å². The van der Waals surface area contributed by atoms with Crippen LogP contribution in [0.4, 0.5) is 0 Å². The Morgan fingerprint density at radius 3 is 2.25 bits per heavy atom. The highest BCUT2D eigenvalue weighted by Gasteiger charge is 2.24. The molecule has 0 aliphatic heterocycles. The van der Waals surface area contributed by atoms with Crippen molar-refractivity contribution < 1.29 is 24.1 Å². The van der Waals surface area contributed by atoms with Gasteiger partial charge in [0.05, 0.1) is 19.8 Å². The van der Waals surface area contributed by atoms with Crippen LogP contribution in [0.5, 0.6) is 23.1 Å². The van der Waals surface area contributed by atoms with E-state index in [4.69, 9.17) is 14.2 Å². The molecule has 36 heavy (non-hydrogen) atoms. The fourth-order valence-corrected chi connectivity index (χ4v) is 4.37. The zero-order valence-electron chi connectivity index (χ0n) is 21.4. The Labute approximate surface area is 210 Å². The van der Waals surface area contributed by atoms with Gasteiger partial charge in [-0.25, -0.2) is 0 Å². The molecule has 0 amide bonds. The lowest BCUT2D eigenvalue weighted by Gasteiger charge is -2.17. The number of hydrogen-bond donors (Lipinski definition) is 1. The molecule has 8 nitrogen and oxygen atoms in total. The van der Waals surface area contributed by atoms with Crippen molar-refractivity contribution in [3.8, 4) is 29.2 Å². The third kappa shape index (κ3) is 5.20. The number of carbonyl (C=O) groups is 1. The number of rotatable bonds is 9. The van der Waals surface area contributed by atoms with E-state index in [1.54, 1.807) is 12.1 Å². The maximum atomic E-state index is 13.2. The van der Waals surface area contributed by atoms with Gasteiger partial charge in [-0.1, -0.05) is 23.8 Å². The van der Waals surface area contributed by atoms with Crippen molar-refractivity contribution in [1.82, 2.24) is 4.57 Å². The monoisotopic (exact) mass is 490 g/mol. The molecule has 0 fully saturated rings. The van der Waals surface area contributed by atoms with Gasteiger partial charge in [-0.2, -0.15) is 5.26 Å². The van der Waals surface area contributed by atoms with E-state index < -0.39 is 17.2 Å². The van der Waals surface area contributed by atoms with Crippen molar-refractivity contribution in [2.45, 2.75) is 40.7 Å². The Balaban J connectivity index is 1.93. The molecule has 0 aliphatic carbocycles. The number of pyridine rings is 1. The first kappa shape index (κ1) is 26.4. The molecule has 1 heterocycles. The number of nitrogens with zero attached hydrogens (tertiary/aromatic N) is 2. The zero-order valence-corrected chi connectivity index (χ0v) is 21.4. The van der Waals surface area contributed by atoms with Crippen LogP contribution >= 0.6 is 0 Å².